The van der Waals surface area contributed by atoms with Crippen LogP contribution >= 0.6 is 0 Å². The van der Waals surface area contributed by atoms with Gasteiger partial charge in [-0.15, -0.1) is 13.2 Å². The van der Waals surface area contributed by atoms with Crippen LogP contribution in [0.2, 0.25) is 0 Å². The van der Waals surface area contributed by atoms with Crippen molar-refractivity contribution in [1.29, 1.82) is 0 Å². The van der Waals surface area contributed by atoms with Crippen molar-refractivity contribution in [3.8, 4) is 17.2 Å². The summed E-state index contributed by atoms with van der Waals surface area (Å²) in [5.74, 6) is 0.365. The molecule has 1 amide bonds. The van der Waals surface area contributed by atoms with Crippen molar-refractivity contribution in [2.24, 2.45) is 22.9 Å². The minimum atomic E-state index is -1.35. The summed E-state index contributed by atoms with van der Waals surface area (Å²) in [7, 11) is 1.73. The number of rotatable bonds is 18. The molecule has 1 saturated carbocycles. The molecule has 0 radical (unpaired) electrons. The molecule has 2 N–H and O–H groups in total. The minimum absolute atomic E-state index is 0.0959. The Morgan fingerprint density at radius 2 is 1.71 bits per heavy atom. The van der Waals surface area contributed by atoms with Crippen LogP contribution in [0.5, 0.6) is 17.2 Å². The van der Waals surface area contributed by atoms with Crippen LogP contribution in [0.3, 0.4) is 0 Å². The number of hydrogen-bond donors (Lipinski definition) is 2. The van der Waals surface area contributed by atoms with Crippen molar-refractivity contribution < 1.29 is 38.8 Å². The van der Waals surface area contributed by atoms with E-state index in [-0.39, 0.29) is 50.6 Å². The van der Waals surface area contributed by atoms with Crippen molar-refractivity contribution in [3.05, 3.63) is 90.0 Å². The van der Waals surface area contributed by atoms with Gasteiger partial charge in [0.2, 0.25) is 5.79 Å². The van der Waals surface area contributed by atoms with E-state index in [1.165, 1.54) is 5.56 Å². The number of carbonyl (C=O) groups excluding carboxylic acids is 1. The number of amides is 1. The molecule has 2 aromatic rings. The van der Waals surface area contributed by atoms with E-state index >= 15 is 0 Å². The fourth-order valence-corrected chi connectivity index (χ4v) is 8.36. The molecular weight excluding hydrogens is 697 g/mol. The van der Waals surface area contributed by atoms with Gasteiger partial charge in [0.15, 0.2) is 0 Å². The highest BCUT2D eigenvalue weighted by molar-refractivity contribution is 6.03. The van der Waals surface area contributed by atoms with E-state index in [2.05, 4.69) is 45.2 Å². The van der Waals surface area contributed by atoms with Gasteiger partial charge in [0.05, 0.1) is 24.8 Å². The summed E-state index contributed by atoms with van der Waals surface area (Å²) in [6.45, 7) is 18.4. The van der Waals surface area contributed by atoms with Crippen LogP contribution in [0.4, 0.5) is 4.79 Å². The van der Waals surface area contributed by atoms with Gasteiger partial charge in [0.1, 0.15) is 28.9 Å². The molecule has 0 aromatic heterocycles. The normalized spacial score (nSPS) is 24.8. The first-order chi connectivity index (χ1) is 26.4. The summed E-state index contributed by atoms with van der Waals surface area (Å²) in [5.41, 5.74) is 4.46. The maximum atomic E-state index is 13.8. The molecule has 2 aromatic carbocycles. The van der Waals surface area contributed by atoms with Crippen LogP contribution in [0, 0.1) is 31.6 Å². The molecule has 10 heteroatoms. The highest BCUT2D eigenvalue weighted by Crippen LogP contribution is 2.62. The Morgan fingerprint density at radius 1 is 1.00 bits per heavy atom. The third-order valence-corrected chi connectivity index (χ3v) is 11.1. The monoisotopic (exact) mass is 758 g/mol. The maximum absolute atomic E-state index is 13.8. The van der Waals surface area contributed by atoms with Gasteiger partial charge in [-0.3, -0.25) is 0 Å². The van der Waals surface area contributed by atoms with Gasteiger partial charge >= 0.3 is 6.09 Å². The predicted octanol–water partition coefficient (Wildman–Crippen LogP) is 9.17. The molecule has 6 atom stereocenters. The molecule has 2 aliphatic carbocycles. The first-order valence-electron chi connectivity index (χ1n) is 19.9. The number of likely N-dealkylation sites (N-methyl/N-ethyl adjacent to an activating group) is 1. The Morgan fingerprint density at radius 3 is 2.38 bits per heavy atom. The average Bonchev–Trinajstić information content (AvgIpc) is 3.15. The lowest BCUT2D eigenvalue weighted by Gasteiger charge is -2.59. The van der Waals surface area contributed by atoms with E-state index in [0.717, 1.165) is 53.8 Å². The van der Waals surface area contributed by atoms with E-state index in [9.17, 15) is 15.0 Å². The molecule has 10 nitrogen and oxygen atoms in total. The summed E-state index contributed by atoms with van der Waals surface area (Å²) in [6.07, 6.45) is 10.8. The number of nitrogens with zero attached hydrogens (tertiary/aromatic N) is 2. The second-order valence-corrected chi connectivity index (χ2v) is 16.1. The molecule has 1 heterocycles. The van der Waals surface area contributed by atoms with Gasteiger partial charge in [-0.1, -0.05) is 42.3 Å². The molecule has 1 fully saturated rings. The summed E-state index contributed by atoms with van der Waals surface area (Å²) in [6, 6.07) is 11.4. The van der Waals surface area contributed by atoms with Crippen LogP contribution < -0.4 is 9.47 Å². The number of hydrogen-bond acceptors (Lipinski definition) is 9. The Kier molecular flexibility index (Phi) is 14.3. The number of benzene rings is 2. The van der Waals surface area contributed by atoms with E-state index in [0.29, 0.717) is 30.8 Å². The predicted molar refractivity (Wildman–Crippen MR) is 216 cm³/mol. The SMILES string of the molecule is C=CCCOC(=O)N(C)C1CC(=NOC(C)(C)C)C2=CC(CCCCO)C(CCCCO)C3c4cc(Oc5ccc(C)c(C)c5)ccc4OC1(OCC=C)C23. The summed E-state index contributed by atoms with van der Waals surface area (Å²) < 4.78 is 26.4. The summed E-state index contributed by atoms with van der Waals surface area (Å²) in [5, 5.41) is 24.5. The van der Waals surface area contributed by atoms with Crippen molar-refractivity contribution in [2.75, 3.05) is 33.5 Å². The Bertz CT molecular complexity index is 1710. The van der Waals surface area contributed by atoms with E-state index in [1.54, 1.807) is 24.1 Å². The minimum Gasteiger partial charge on any atom is -0.459 e. The summed E-state index contributed by atoms with van der Waals surface area (Å²) in [4.78, 5) is 21.6. The lowest BCUT2D eigenvalue weighted by molar-refractivity contribution is -0.253. The molecule has 0 saturated heterocycles. The van der Waals surface area contributed by atoms with Gasteiger partial charge < -0.3 is 38.9 Å². The van der Waals surface area contributed by atoms with Crippen LogP contribution in [-0.4, -0.2) is 77.8 Å². The zero-order valence-electron chi connectivity index (χ0n) is 33.7. The lowest BCUT2D eigenvalue weighted by Crippen LogP contribution is -2.69. The molecule has 0 spiro atoms. The Hall–Kier alpha value is -4.12. The zero-order chi connectivity index (χ0) is 39.8. The molecule has 0 bridgehead atoms. The second kappa shape index (κ2) is 18.7. The number of fused-ring (bicyclic) bond motifs is 2. The van der Waals surface area contributed by atoms with Crippen molar-refractivity contribution in [3.63, 3.8) is 0 Å². The van der Waals surface area contributed by atoms with E-state index < -0.39 is 29.4 Å². The number of oxime groups is 1. The molecule has 6 unspecified atom stereocenters. The number of carbonyl (C=O) groups is 1. The van der Waals surface area contributed by atoms with Gasteiger partial charge in [0, 0.05) is 38.2 Å². The lowest BCUT2D eigenvalue weighted by atomic mass is 9.55. The van der Waals surface area contributed by atoms with Crippen LogP contribution in [0.15, 0.2) is 78.5 Å². The van der Waals surface area contributed by atoms with Gasteiger partial charge in [0.25, 0.3) is 0 Å². The second-order valence-electron chi connectivity index (χ2n) is 16.1. The van der Waals surface area contributed by atoms with Gasteiger partial charge in [-0.2, -0.15) is 0 Å². The summed E-state index contributed by atoms with van der Waals surface area (Å²) >= 11 is 0. The smallest absolute Gasteiger partial charge is 0.409 e. The molecule has 5 rings (SSSR count). The van der Waals surface area contributed by atoms with Crippen LogP contribution in [0.25, 0.3) is 0 Å². The topological polar surface area (TPSA) is 119 Å². The first-order valence-corrected chi connectivity index (χ1v) is 19.9. The first kappa shape index (κ1) is 42.0. The average molecular weight is 759 g/mol. The number of allylic oxidation sites excluding steroid dienone is 1. The number of unbranched alkanes of at least 4 members (excludes halogenated alkanes) is 2. The fourth-order valence-electron chi connectivity index (χ4n) is 8.36. The van der Waals surface area contributed by atoms with Crippen molar-refractivity contribution in [2.45, 2.75) is 109 Å². The number of aliphatic hydroxyl groups is 2. The molecule has 3 aliphatic rings. The van der Waals surface area contributed by atoms with Crippen molar-refractivity contribution >= 4 is 11.8 Å². The zero-order valence-corrected chi connectivity index (χ0v) is 33.7. The number of aryl methyl sites for hydroxylation is 2. The largest absolute Gasteiger partial charge is 0.459 e. The number of aliphatic hydroxyl groups excluding tert-OH is 2. The Balaban J connectivity index is 1.75. The van der Waals surface area contributed by atoms with Crippen LogP contribution in [0.1, 0.15) is 94.7 Å². The van der Waals surface area contributed by atoms with Crippen molar-refractivity contribution in [1.82, 2.24) is 4.90 Å². The molecule has 300 valence electrons. The van der Waals surface area contributed by atoms with E-state index in [4.69, 9.17) is 28.9 Å². The standard InChI is InChI=1S/C45H62N2O8/c1-9-11-25-51-43(50)47(8)40-29-38(46-55-44(5,6)7)36-27-32(16-12-14-22-48)35(17-13-15-23-49)41-37-28-34(53-33-19-18-30(3)31(4)26-33)20-21-39(37)54-45(40,42(36)41)52-24-10-2/h9-10,18-21,26-28,32,35,40-42,48-49H,1-2,11-17,22-25,29H2,3-8H3. The highest BCUT2D eigenvalue weighted by Gasteiger charge is 2.65. The third-order valence-electron chi connectivity index (χ3n) is 11.1. The van der Waals surface area contributed by atoms with Gasteiger partial charge in [-0.25, -0.2) is 4.79 Å². The number of ether oxygens (including phenoxy) is 4. The van der Waals surface area contributed by atoms with Gasteiger partial charge in [-0.05, 0) is 126 Å². The Labute approximate surface area is 327 Å². The molecule has 1 aliphatic heterocycles. The van der Waals surface area contributed by atoms with E-state index in [1.807, 2.05) is 45.0 Å². The quantitative estimate of drug-likeness (QED) is 0.0878. The fraction of sp³-hybridized carbons (Fsp3) is 0.556. The highest BCUT2D eigenvalue weighted by atomic mass is 16.7. The molecule has 55 heavy (non-hydrogen) atoms. The maximum Gasteiger partial charge on any atom is 0.409 e. The molecular formula is C45H62N2O8. The third kappa shape index (κ3) is 9.65. The van der Waals surface area contributed by atoms with Crippen LogP contribution in [-0.2, 0) is 14.3 Å².